The van der Waals surface area contributed by atoms with Crippen molar-refractivity contribution in [3.05, 3.63) is 28.8 Å². The van der Waals surface area contributed by atoms with Crippen LogP contribution in [0.5, 0.6) is 0 Å². The standard InChI is InChI=1S/C15H20ClNO3/c16-13-7-10(15(19)20)5-6-14(13)17-8-11-3-1-2-4-12(11)9-18/h5-7,11-12,17-18H,1-4,8-9H2,(H,19,20). The van der Waals surface area contributed by atoms with Gasteiger partial charge in [-0.25, -0.2) is 4.79 Å². The van der Waals surface area contributed by atoms with Crippen LogP contribution in [0.1, 0.15) is 36.0 Å². The molecule has 20 heavy (non-hydrogen) atoms. The van der Waals surface area contributed by atoms with Gasteiger partial charge in [-0.05, 0) is 42.9 Å². The van der Waals surface area contributed by atoms with E-state index in [4.69, 9.17) is 16.7 Å². The fourth-order valence-electron chi connectivity index (χ4n) is 2.83. The Morgan fingerprint density at radius 1 is 1.30 bits per heavy atom. The Bertz CT molecular complexity index is 478. The Balaban J connectivity index is 1.98. The van der Waals surface area contributed by atoms with Crippen LogP contribution in [0, 0.1) is 11.8 Å². The van der Waals surface area contributed by atoms with Gasteiger partial charge < -0.3 is 15.5 Å². The molecule has 110 valence electrons. The minimum atomic E-state index is -0.980. The van der Waals surface area contributed by atoms with Crippen molar-refractivity contribution < 1.29 is 15.0 Å². The normalized spacial score (nSPS) is 22.5. The largest absolute Gasteiger partial charge is 0.478 e. The molecule has 1 aliphatic rings. The highest BCUT2D eigenvalue weighted by Gasteiger charge is 2.24. The number of carbonyl (C=O) groups is 1. The van der Waals surface area contributed by atoms with Gasteiger partial charge >= 0.3 is 5.97 Å². The SMILES string of the molecule is O=C(O)c1ccc(NCC2CCCCC2CO)c(Cl)c1. The summed E-state index contributed by atoms with van der Waals surface area (Å²) in [5.74, 6) is -0.177. The molecule has 1 aliphatic carbocycles. The van der Waals surface area contributed by atoms with E-state index in [2.05, 4.69) is 5.32 Å². The van der Waals surface area contributed by atoms with E-state index in [0.29, 0.717) is 16.9 Å². The highest BCUT2D eigenvalue weighted by molar-refractivity contribution is 6.33. The smallest absolute Gasteiger partial charge is 0.335 e. The van der Waals surface area contributed by atoms with Gasteiger partial charge in [-0.3, -0.25) is 0 Å². The molecule has 1 aromatic rings. The number of benzene rings is 1. The van der Waals surface area contributed by atoms with Gasteiger partial charge in [0.05, 0.1) is 16.3 Å². The summed E-state index contributed by atoms with van der Waals surface area (Å²) in [6, 6.07) is 4.69. The lowest BCUT2D eigenvalue weighted by molar-refractivity contribution is 0.0697. The number of hydrogen-bond donors (Lipinski definition) is 3. The van der Waals surface area contributed by atoms with Crippen LogP contribution < -0.4 is 5.32 Å². The van der Waals surface area contributed by atoms with Gasteiger partial charge in [0.25, 0.3) is 0 Å². The van der Waals surface area contributed by atoms with Crippen molar-refractivity contribution in [3.8, 4) is 0 Å². The van der Waals surface area contributed by atoms with Crippen LogP contribution in [0.2, 0.25) is 5.02 Å². The van der Waals surface area contributed by atoms with Gasteiger partial charge in [0.2, 0.25) is 0 Å². The first kappa shape index (κ1) is 15.1. The van der Waals surface area contributed by atoms with Gasteiger partial charge in [-0.2, -0.15) is 0 Å². The number of aliphatic hydroxyl groups excluding tert-OH is 1. The predicted molar refractivity (Wildman–Crippen MR) is 79.4 cm³/mol. The summed E-state index contributed by atoms with van der Waals surface area (Å²) in [5.41, 5.74) is 0.936. The van der Waals surface area contributed by atoms with Crippen LogP contribution in [0.3, 0.4) is 0 Å². The molecule has 0 bridgehead atoms. The van der Waals surface area contributed by atoms with Crippen molar-refractivity contribution in [1.29, 1.82) is 0 Å². The second kappa shape index (κ2) is 6.95. The second-order valence-electron chi connectivity index (χ2n) is 5.37. The zero-order chi connectivity index (χ0) is 14.5. The third kappa shape index (κ3) is 3.64. The number of nitrogens with one attached hydrogen (secondary N) is 1. The highest BCUT2D eigenvalue weighted by Crippen LogP contribution is 2.31. The molecule has 2 atom stereocenters. The van der Waals surface area contributed by atoms with Crippen molar-refractivity contribution >= 4 is 23.3 Å². The molecular formula is C15H20ClNO3. The van der Waals surface area contributed by atoms with Crippen molar-refractivity contribution in [2.75, 3.05) is 18.5 Å². The van der Waals surface area contributed by atoms with E-state index >= 15 is 0 Å². The second-order valence-corrected chi connectivity index (χ2v) is 5.78. The molecule has 1 aromatic carbocycles. The Hall–Kier alpha value is -1.26. The van der Waals surface area contributed by atoms with E-state index < -0.39 is 5.97 Å². The van der Waals surface area contributed by atoms with Crippen LogP contribution in [0.15, 0.2) is 18.2 Å². The molecule has 0 aliphatic heterocycles. The Kier molecular flexibility index (Phi) is 5.26. The first-order chi connectivity index (χ1) is 9.61. The number of carboxylic acids is 1. The van der Waals surface area contributed by atoms with E-state index in [9.17, 15) is 9.90 Å². The number of hydrogen-bond acceptors (Lipinski definition) is 3. The summed E-state index contributed by atoms with van der Waals surface area (Å²) in [5, 5.41) is 22.0. The van der Waals surface area contributed by atoms with Crippen LogP contribution in [0.4, 0.5) is 5.69 Å². The molecule has 0 radical (unpaired) electrons. The maximum atomic E-state index is 10.8. The molecule has 5 heteroatoms. The first-order valence-corrected chi connectivity index (χ1v) is 7.37. The summed E-state index contributed by atoms with van der Waals surface area (Å²) in [4.78, 5) is 10.8. The van der Waals surface area contributed by atoms with Crippen molar-refractivity contribution in [1.82, 2.24) is 0 Å². The Morgan fingerprint density at radius 2 is 2.00 bits per heavy atom. The van der Waals surface area contributed by atoms with Gasteiger partial charge in [0, 0.05) is 13.2 Å². The minimum absolute atomic E-state index is 0.187. The topological polar surface area (TPSA) is 69.6 Å². The fourth-order valence-corrected chi connectivity index (χ4v) is 3.07. The summed E-state index contributed by atoms with van der Waals surface area (Å²) in [6.45, 7) is 0.995. The Morgan fingerprint density at radius 3 is 2.60 bits per heavy atom. The average Bonchev–Trinajstić information content (AvgIpc) is 2.46. The lowest BCUT2D eigenvalue weighted by atomic mass is 9.79. The average molecular weight is 298 g/mol. The summed E-state index contributed by atoms with van der Waals surface area (Å²) in [6.07, 6.45) is 4.59. The monoisotopic (exact) mass is 297 g/mol. The zero-order valence-electron chi connectivity index (χ0n) is 11.3. The fraction of sp³-hybridized carbons (Fsp3) is 0.533. The van der Waals surface area contributed by atoms with E-state index in [1.165, 1.54) is 18.9 Å². The summed E-state index contributed by atoms with van der Waals surface area (Å²) < 4.78 is 0. The molecule has 1 fully saturated rings. The van der Waals surface area contributed by atoms with Crippen LogP contribution >= 0.6 is 11.6 Å². The van der Waals surface area contributed by atoms with E-state index in [1.54, 1.807) is 12.1 Å². The molecule has 2 unspecified atom stereocenters. The van der Waals surface area contributed by atoms with E-state index in [-0.39, 0.29) is 12.2 Å². The Labute approximate surface area is 123 Å². The van der Waals surface area contributed by atoms with Gasteiger partial charge in [0.1, 0.15) is 0 Å². The maximum absolute atomic E-state index is 10.8. The highest BCUT2D eigenvalue weighted by atomic mass is 35.5. The molecule has 2 rings (SSSR count). The minimum Gasteiger partial charge on any atom is -0.478 e. The van der Waals surface area contributed by atoms with E-state index in [0.717, 1.165) is 25.1 Å². The van der Waals surface area contributed by atoms with Gasteiger partial charge in [-0.1, -0.05) is 24.4 Å². The first-order valence-electron chi connectivity index (χ1n) is 6.99. The summed E-state index contributed by atoms with van der Waals surface area (Å²) in [7, 11) is 0. The quantitative estimate of drug-likeness (QED) is 0.780. The number of anilines is 1. The number of rotatable bonds is 5. The molecule has 0 amide bonds. The van der Waals surface area contributed by atoms with Crippen LogP contribution in [-0.4, -0.2) is 29.3 Å². The molecule has 0 heterocycles. The number of aliphatic hydroxyl groups is 1. The lowest BCUT2D eigenvalue weighted by Gasteiger charge is -2.30. The van der Waals surface area contributed by atoms with E-state index in [1.807, 2.05) is 0 Å². The molecule has 0 saturated heterocycles. The predicted octanol–water partition coefficient (Wildman–Crippen LogP) is 3.25. The third-order valence-electron chi connectivity index (χ3n) is 4.07. The summed E-state index contributed by atoms with van der Waals surface area (Å²) >= 11 is 6.09. The van der Waals surface area contributed by atoms with Crippen LogP contribution in [-0.2, 0) is 0 Å². The molecule has 0 spiro atoms. The zero-order valence-corrected chi connectivity index (χ0v) is 12.1. The molecule has 0 aromatic heterocycles. The molecule has 4 nitrogen and oxygen atoms in total. The lowest BCUT2D eigenvalue weighted by Crippen LogP contribution is -2.28. The third-order valence-corrected chi connectivity index (χ3v) is 4.38. The number of halogens is 1. The van der Waals surface area contributed by atoms with Crippen molar-refractivity contribution in [2.45, 2.75) is 25.7 Å². The van der Waals surface area contributed by atoms with Crippen molar-refractivity contribution in [2.24, 2.45) is 11.8 Å². The maximum Gasteiger partial charge on any atom is 0.335 e. The molecular weight excluding hydrogens is 278 g/mol. The van der Waals surface area contributed by atoms with Crippen LogP contribution in [0.25, 0.3) is 0 Å². The molecule has 1 saturated carbocycles. The number of carboxylic acid groups (broad SMARTS) is 1. The molecule has 3 N–H and O–H groups in total. The van der Waals surface area contributed by atoms with Gasteiger partial charge in [-0.15, -0.1) is 0 Å². The van der Waals surface area contributed by atoms with Gasteiger partial charge in [0.15, 0.2) is 0 Å². The van der Waals surface area contributed by atoms with Crippen molar-refractivity contribution in [3.63, 3.8) is 0 Å². The number of aromatic carboxylic acids is 1.